The predicted molar refractivity (Wildman–Crippen MR) is 82.5 cm³/mol. The van der Waals surface area contributed by atoms with E-state index in [2.05, 4.69) is 31.2 Å². The maximum absolute atomic E-state index is 6.64. The van der Waals surface area contributed by atoms with Crippen LogP contribution in [0, 0.1) is 5.92 Å². The lowest BCUT2D eigenvalue weighted by Gasteiger charge is -2.27. The van der Waals surface area contributed by atoms with Gasteiger partial charge < -0.3 is 5.73 Å². The summed E-state index contributed by atoms with van der Waals surface area (Å²) in [5, 5.41) is 1.21. The topological polar surface area (TPSA) is 38.9 Å². The van der Waals surface area contributed by atoms with Gasteiger partial charge >= 0.3 is 0 Å². The minimum Gasteiger partial charge on any atom is -0.325 e. The molecule has 3 rings (SSSR count). The molecule has 1 fully saturated rings. The van der Waals surface area contributed by atoms with Crippen LogP contribution in [0.15, 0.2) is 24.3 Å². The third kappa shape index (κ3) is 2.98. The van der Waals surface area contributed by atoms with Crippen molar-refractivity contribution in [3.05, 3.63) is 29.3 Å². The van der Waals surface area contributed by atoms with E-state index in [0.29, 0.717) is 0 Å². The van der Waals surface area contributed by atoms with E-state index in [1.54, 1.807) is 11.3 Å². The van der Waals surface area contributed by atoms with Gasteiger partial charge in [0.1, 0.15) is 0 Å². The lowest BCUT2D eigenvalue weighted by Crippen LogP contribution is -2.41. The minimum absolute atomic E-state index is 0.0291. The van der Waals surface area contributed by atoms with Gasteiger partial charge in [0, 0.05) is 12.0 Å². The molecule has 0 amide bonds. The first kappa shape index (κ1) is 13.1. The van der Waals surface area contributed by atoms with E-state index in [0.717, 1.165) is 30.7 Å². The van der Waals surface area contributed by atoms with Crippen LogP contribution < -0.4 is 5.73 Å². The van der Waals surface area contributed by atoms with Crippen molar-refractivity contribution in [3.63, 3.8) is 0 Å². The van der Waals surface area contributed by atoms with E-state index >= 15 is 0 Å². The summed E-state index contributed by atoms with van der Waals surface area (Å²) in [6, 6.07) is 8.37. The second kappa shape index (κ2) is 5.22. The van der Waals surface area contributed by atoms with Crippen molar-refractivity contribution in [1.29, 1.82) is 0 Å². The zero-order valence-corrected chi connectivity index (χ0v) is 12.4. The smallest absolute Gasteiger partial charge is 0.0956 e. The fraction of sp³-hybridized carbons (Fsp3) is 0.562. The Morgan fingerprint density at radius 2 is 2.16 bits per heavy atom. The lowest BCUT2D eigenvalue weighted by atomic mass is 9.88. The van der Waals surface area contributed by atoms with Crippen LogP contribution >= 0.6 is 11.3 Å². The predicted octanol–water partition coefficient (Wildman–Crippen LogP) is 4.14. The van der Waals surface area contributed by atoms with E-state index in [4.69, 9.17) is 10.7 Å². The summed E-state index contributed by atoms with van der Waals surface area (Å²) < 4.78 is 1.28. The number of nitrogens with two attached hydrogens (primary N) is 1. The Morgan fingerprint density at radius 3 is 3.00 bits per heavy atom. The maximum Gasteiger partial charge on any atom is 0.0956 e. The van der Waals surface area contributed by atoms with Crippen LogP contribution in [0.2, 0.25) is 0 Å². The summed E-state index contributed by atoms with van der Waals surface area (Å²) in [7, 11) is 0. The van der Waals surface area contributed by atoms with Crippen molar-refractivity contribution in [1.82, 2.24) is 4.98 Å². The summed E-state index contributed by atoms with van der Waals surface area (Å²) in [6.07, 6.45) is 7.10. The summed E-state index contributed by atoms with van der Waals surface area (Å²) in [6.45, 7) is 2.35. The highest BCUT2D eigenvalue weighted by Crippen LogP contribution is 2.33. The molecule has 1 aromatic carbocycles. The van der Waals surface area contributed by atoms with Crippen molar-refractivity contribution in [3.8, 4) is 0 Å². The standard InChI is InChI=1S/C16H22N2S/c1-12-5-4-9-16(17,10-8-12)11-15-18-13-6-2-3-7-14(13)19-15/h2-3,6-7,12H,4-5,8-11,17H2,1H3. The van der Waals surface area contributed by atoms with Crippen LogP contribution in [-0.4, -0.2) is 10.5 Å². The van der Waals surface area contributed by atoms with Gasteiger partial charge in [-0.25, -0.2) is 4.98 Å². The third-order valence-electron chi connectivity index (χ3n) is 4.35. The molecule has 0 radical (unpaired) electrons. The number of fused-ring (bicyclic) bond motifs is 1. The average Bonchev–Trinajstić information content (AvgIpc) is 2.70. The fourth-order valence-corrected chi connectivity index (χ4v) is 4.20. The maximum atomic E-state index is 6.64. The van der Waals surface area contributed by atoms with E-state index in [9.17, 15) is 0 Å². The first-order chi connectivity index (χ1) is 9.15. The second-order valence-corrected chi connectivity index (χ2v) is 7.27. The molecule has 0 aliphatic heterocycles. The van der Waals surface area contributed by atoms with E-state index in [-0.39, 0.29) is 5.54 Å². The van der Waals surface area contributed by atoms with Crippen molar-refractivity contribution < 1.29 is 0 Å². The normalized spacial score (nSPS) is 28.4. The molecule has 102 valence electrons. The summed E-state index contributed by atoms with van der Waals surface area (Å²) in [4.78, 5) is 4.74. The van der Waals surface area contributed by atoms with Crippen molar-refractivity contribution in [2.75, 3.05) is 0 Å². The summed E-state index contributed by atoms with van der Waals surface area (Å²) >= 11 is 1.81. The monoisotopic (exact) mass is 274 g/mol. The van der Waals surface area contributed by atoms with Gasteiger partial charge in [-0.05, 0) is 37.3 Å². The molecular formula is C16H22N2S. The Morgan fingerprint density at radius 1 is 1.32 bits per heavy atom. The van der Waals surface area contributed by atoms with Crippen LogP contribution in [0.25, 0.3) is 10.2 Å². The van der Waals surface area contributed by atoms with Crippen LogP contribution in [0.1, 0.15) is 44.0 Å². The molecule has 1 aliphatic carbocycles. The number of para-hydroxylation sites is 1. The first-order valence-electron chi connectivity index (χ1n) is 7.28. The molecule has 2 unspecified atom stereocenters. The molecule has 19 heavy (non-hydrogen) atoms. The van der Waals surface area contributed by atoms with Crippen molar-refractivity contribution >= 4 is 21.6 Å². The number of rotatable bonds is 2. The number of benzene rings is 1. The quantitative estimate of drug-likeness (QED) is 0.836. The average molecular weight is 274 g/mol. The van der Waals surface area contributed by atoms with Gasteiger partial charge in [0.05, 0.1) is 15.2 Å². The number of thiazole rings is 1. The SMILES string of the molecule is CC1CCCC(N)(Cc2nc3ccccc3s2)CC1. The Kier molecular flexibility index (Phi) is 3.59. The van der Waals surface area contributed by atoms with Crippen LogP contribution in [0.5, 0.6) is 0 Å². The Bertz CT molecular complexity index is 530. The van der Waals surface area contributed by atoms with Gasteiger partial charge in [0.15, 0.2) is 0 Å². The molecule has 1 aliphatic rings. The van der Waals surface area contributed by atoms with Crippen molar-refractivity contribution in [2.24, 2.45) is 11.7 Å². The van der Waals surface area contributed by atoms with Crippen LogP contribution in [-0.2, 0) is 6.42 Å². The lowest BCUT2D eigenvalue weighted by molar-refractivity contribution is 0.363. The van der Waals surface area contributed by atoms with Crippen LogP contribution in [0.4, 0.5) is 0 Å². The first-order valence-corrected chi connectivity index (χ1v) is 8.10. The number of nitrogens with zero attached hydrogens (tertiary/aromatic N) is 1. The molecular weight excluding hydrogens is 252 g/mol. The third-order valence-corrected chi connectivity index (χ3v) is 5.38. The minimum atomic E-state index is -0.0291. The van der Waals surface area contributed by atoms with Gasteiger partial charge in [0.2, 0.25) is 0 Å². The molecule has 3 heteroatoms. The highest BCUT2D eigenvalue weighted by Gasteiger charge is 2.29. The molecule has 0 saturated heterocycles. The second-order valence-electron chi connectivity index (χ2n) is 6.15. The highest BCUT2D eigenvalue weighted by atomic mass is 32.1. The zero-order valence-electron chi connectivity index (χ0n) is 11.6. The fourth-order valence-electron chi connectivity index (χ4n) is 3.08. The molecule has 2 N–H and O–H groups in total. The number of aromatic nitrogens is 1. The largest absolute Gasteiger partial charge is 0.325 e. The van der Waals surface area contributed by atoms with E-state index in [1.165, 1.54) is 29.0 Å². The molecule has 0 bridgehead atoms. The van der Waals surface area contributed by atoms with Gasteiger partial charge in [-0.3, -0.25) is 0 Å². The molecule has 1 saturated carbocycles. The van der Waals surface area contributed by atoms with Gasteiger partial charge in [-0.2, -0.15) is 0 Å². The molecule has 0 spiro atoms. The summed E-state index contributed by atoms with van der Waals surface area (Å²) in [5.41, 5.74) is 7.73. The molecule has 2 nitrogen and oxygen atoms in total. The van der Waals surface area contributed by atoms with Crippen molar-refractivity contribution in [2.45, 2.75) is 51.0 Å². The Balaban J connectivity index is 1.79. The number of hydrogen-bond donors (Lipinski definition) is 1. The summed E-state index contributed by atoms with van der Waals surface area (Å²) in [5.74, 6) is 0.834. The van der Waals surface area contributed by atoms with E-state index < -0.39 is 0 Å². The molecule has 1 heterocycles. The van der Waals surface area contributed by atoms with Gasteiger partial charge in [-0.1, -0.05) is 31.9 Å². The molecule has 1 aromatic heterocycles. The molecule has 2 atom stereocenters. The van der Waals surface area contributed by atoms with Gasteiger partial charge in [-0.15, -0.1) is 11.3 Å². The van der Waals surface area contributed by atoms with Gasteiger partial charge in [0.25, 0.3) is 0 Å². The Hall–Kier alpha value is -0.930. The number of hydrogen-bond acceptors (Lipinski definition) is 3. The molecule has 2 aromatic rings. The van der Waals surface area contributed by atoms with Crippen LogP contribution in [0.3, 0.4) is 0 Å². The Labute approximate surface area is 119 Å². The van der Waals surface area contributed by atoms with E-state index in [1.807, 2.05) is 0 Å². The zero-order chi connectivity index (χ0) is 13.3. The highest BCUT2D eigenvalue weighted by molar-refractivity contribution is 7.18.